The van der Waals surface area contributed by atoms with Crippen LogP contribution in [0.5, 0.6) is 0 Å². The van der Waals surface area contributed by atoms with E-state index in [9.17, 15) is 0 Å². The molecule has 3 aromatic heterocycles. The molecule has 0 fully saturated rings. The molecule has 0 aromatic carbocycles. The van der Waals surface area contributed by atoms with E-state index in [-0.39, 0.29) is 0 Å². The van der Waals surface area contributed by atoms with E-state index in [0.717, 1.165) is 18.1 Å². The third-order valence-electron chi connectivity index (χ3n) is 3.74. The molecule has 0 saturated heterocycles. The normalized spacial score (nSPS) is 11.6. The van der Waals surface area contributed by atoms with Crippen molar-refractivity contribution in [2.75, 3.05) is 20.6 Å². The quantitative estimate of drug-likeness (QED) is 0.523. The molecule has 3 heterocycles. The summed E-state index contributed by atoms with van der Waals surface area (Å²) in [5.41, 5.74) is 1.79. The van der Waals surface area contributed by atoms with Crippen LogP contribution in [0.3, 0.4) is 0 Å². The monoisotopic (exact) mass is 354 g/mol. The molecule has 0 radical (unpaired) electrons. The maximum absolute atomic E-state index is 5.26. The van der Waals surface area contributed by atoms with E-state index in [0.29, 0.717) is 30.4 Å². The SMILES string of the molecule is CN=C(NCCc1noc(-c2ccccn2)n1)N(C)Cc1cnn(C)c1. The zero-order chi connectivity index (χ0) is 18.4. The number of aromatic nitrogens is 5. The minimum atomic E-state index is 0.429. The average molecular weight is 354 g/mol. The van der Waals surface area contributed by atoms with Crippen molar-refractivity contribution >= 4 is 5.96 Å². The molecule has 1 N–H and O–H groups in total. The van der Waals surface area contributed by atoms with Gasteiger partial charge >= 0.3 is 0 Å². The number of rotatable bonds is 6. The van der Waals surface area contributed by atoms with Gasteiger partial charge in [-0.2, -0.15) is 10.1 Å². The van der Waals surface area contributed by atoms with Crippen molar-refractivity contribution in [2.24, 2.45) is 12.0 Å². The maximum Gasteiger partial charge on any atom is 0.276 e. The van der Waals surface area contributed by atoms with Crippen molar-refractivity contribution in [3.8, 4) is 11.6 Å². The summed E-state index contributed by atoms with van der Waals surface area (Å²) in [5.74, 6) is 1.85. The summed E-state index contributed by atoms with van der Waals surface area (Å²) >= 11 is 0. The summed E-state index contributed by atoms with van der Waals surface area (Å²) in [6.45, 7) is 1.37. The third-order valence-corrected chi connectivity index (χ3v) is 3.74. The summed E-state index contributed by atoms with van der Waals surface area (Å²) in [6, 6.07) is 5.57. The van der Waals surface area contributed by atoms with Crippen LogP contribution in [-0.4, -0.2) is 56.4 Å². The number of hydrogen-bond acceptors (Lipinski definition) is 6. The first-order valence-electron chi connectivity index (χ1n) is 8.29. The molecular weight excluding hydrogens is 332 g/mol. The number of aliphatic imine (C=N–C) groups is 1. The first-order chi connectivity index (χ1) is 12.7. The molecule has 0 atom stereocenters. The zero-order valence-corrected chi connectivity index (χ0v) is 15.1. The highest BCUT2D eigenvalue weighted by molar-refractivity contribution is 5.79. The minimum absolute atomic E-state index is 0.429. The van der Waals surface area contributed by atoms with Gasteiger partial charge in [0, 0.05) is 58.6 Å². The Kier molecular flexibility index (Phi) is 5.57. The fourth-order valence-electron chi connectivity index (χ4n) is 2.52. The average Bonchev–Trinajstić information content (AvgIpc) is 3.28. The molecule has 9 nitrogen and oxygen atoms in total. The molecule has 0 aliphatic carbocycles. The Balaban J connectivity index is 1.51. The summed E-state index contributed by atoms with van der Waals surface area (Å²) in [7, 11) is 5.65. The van der Waals surface area contributed by atoms with Crippen molar-refractivity contribution < 1.29 is 4.52 Å². The second kappa shape index (κ2) is 8.24. The van der Waals surface area contributed by atoms with Gasteiger partial charge in [0.05, 0.1) is 6.20 Å². The molecule has 9 heteroatoms. The fraction of sp³-hybridized carbons (Fsp3) is 0.353. The molecule has 0 saturated carbocycles. The molecule has 0 spiro atoms. The van der Waals surface area contributed by atoms with E-state index in [1.165, 1.54) is 0 Å². The number of pyridine rings is 1. The fourth-order valence-corrected chi connectivity index (χ4v) is 2.52. The van der Waals surface area contributed by atoms with Gasteiger partial charge in [-0.15, -0.1) is 0 Å². The van der Waals surface area contributed by atoms with E-state index in [1.54, 1.807) is 17.9 Å². The van der Waals surface area contributed by atoms with Crippen molar-refractivity contribution in [3.63, 3.8) is 0 Å². The van der Waals surface area contributed by atoms with E-state index in [1.807, 2.05) is 49.6 Å². The van der Waals surface area contributed by atoms with E-state index < -0.39 is 0 Å². The van der Waals surface area contributed by atoms with Gasteiger partial charge in [-0.1, -0.05) is 11.2 Å². The molecule has 0 bridgehead atoms. The largest absolute Gasteiger partial charge is 0.356 e. The topological polar surface area (TPSA) is 97.3 Å². The van der Waals surface area contributed by atoms with Gasteiger partial charge in [-0.05, 0) is 12.1 Å². The lowest BCUT2D eigenvalue weighted by Crippen LogP contribution is -2.39. The predicted octanol–water partition coefficient (Wildman–Crippen LogP) is 1.11. The van der Waals surface area contributed by atoms with Gasteiger partial charge in [0.25, 0.3) is 5.89 Å². The lowest BCUT2D eigenvalue weighted by Gasteiger charge is -2.21. The molecule has 3 rings (SSSR count). The van der Waals surface area contributed by atoms with Gasteiger partial charge < -0.3 is 14.7 Å². The van der Waals surface area contributed by atoms with Crippen LogP contribution in [0.1, 0.15) is 11.4 Å². The Morgan fingerprint density at radius 2 is 2.27 bits per heavy atom. The second-order valence-electron chi connectivity index (χ2n) is 5.83. The van der Waals surface area contributed by atoms with Crippen LogP contribution in [0.25, 0.3) is 11.6 Å². The van der Waals surface area contributed by atoms with Gasteiger partial charge in [0.2, 0.25) is 0 Å². The Bertz CT molecular complexity index is 855. The number of hydrogen-bond donors (Lipinski definition) is 1. The van der Waals surface area contributed by atoms with Crippen molar-refractivity contribution in [3.05, 3.63) is 48.2 Å². The zero-order valence-electron chi connectivity index (χ0n) is 15.1. The predicted molar refractivity (Wildman–Crippen MR) is 97.3 cm³/mol. The molecule has 136 valence electrons. The van der Waals surface area contributed by atoms with Gasteiger partial charge in [-0.25, -0.2) is 0 Å². The molecule has 0 unspecified atom stereocenters. The molecule has 26 heavy (non-hydrogen) atoms. The number of aryl methyl sites for hydroxylation is 1. The van der Waals surface area contributed by atoms with Gasteiger partial charge in [0.1, 0.15) is 5.69 Å². The summed E-state index contributed by atoms with van der Waals surface area (Å²) in [4.78, 5) is 14.9. The van der Waals surface area contributed by atoms with Crippen molar-refractivity contribution in [2.45, 2.75) is 13.0 Å². The van der Waals surface area contributed by atoms with Crippen LogP contribution in [0, 0.1) is 0 Å². The van der Waals surface area contributed by atoms with Crippen LogP contribution in [0.4, 0.5) is 0 Å². The van der Waals surface area contributed by atoms with Crippen molar-refractivity contribution in [1.82, 2.24) is 35.1 Å². The first kappa shape index (κ1) is 17.6. The molecule has 0 aliphatic heterocycles. The number of nitrogens with zero attached hydrogens (tertiary/aromatic N) is 7. The minimum Gasteiger partial charge on any atom is -0.356 e. The van der Waals surface area contributed by atoms with E-state index in [4.69, 9.17) is 4.52 Å². The van der Waals surface area contributed by atoms with Crippen molar-refractivity contribution in [1.29, 1.82) is 0 Å². The molecule has 0 amide bonds. The third kappa shape index (κ3) is 4.44. The summed E-state index contributed by atoms with van der Waals surface area (Å²) in [6.07, 6.45) is 6.16. The first-order valence-corrected chi connectivity index (χ1v) is 8.29. The molecule has 3 aromatic rings. The highest BCUT2D eigenvalue weighted by atomic mass is 16.5. The summed E-state index contributed by atoms with van der Waals surface area (Å²) < 4.78 is 7.05. The van der Waals surface area contributed by atoms with Crippen LogP contribution in [0.15, 0.2) is 46.3 Å². The Hall–Kier alpha value is -3.23. The van der Waals surface area contributed by atoms with E-state index in [2.05, 4.69) is 30.5 Å². The van der Waals surface area contributed by atoms with Crippen LogP contribution >= 0.6 is 0 Å². The van der Waals surface area contributed by atoms with Crippen LogP contribution in [-0.2, 0) is 20.0 Å². The molecule has 0 aliphatic rings. The number of guanidine groups is 1. The second-order valence-corrected chi connectivity index (χ2v) is 5.83. The molecular formula is C17H22N8O. The van der Waals surface area contributed by atoms with Crippen LogP contribution in [0.2, 0.25) is 0 Å². The highest BCUT2D eigenvalue weighted by Crippen LogP contribution is 2.13. The Morgan fingerprint density at radius 3 is 2.96 bits per heavy atom. The standard InChI is InChI=1S/C17H22N8O/c1-18-17(24(2)11-13-10-21-25(3)12-13)20-9-7-15-22-16(26-23-15)14-6-4-5-8-19-14/h4-6,8,10,12H,7,9,11H2,1-3H3,(H,18,20). The lowest BCUT2D eigenvalue weighted by molar-refractivity contribution is 0.420. The maximum atomic E-state index is 5.26. The van der Waals surface area contributed by atoms with Gasteiger partial charge in [0.15, 0.2) is 11.8 Å². The lowest BCUT2D eigenvalue weighted by atomic mass is 10.3. The summed E-state index contributed by atoms with van der Waals surface area (Å²) in [5, 5.41) is 11.5. The van der Waals surface area contributed by atoms with E-state index >= 15 is 0 Å². The van der Waals surface area contributed by atoms with Crippen LogP contribution < -0.4 is 5.32 Å². The Morgan fingerprint density at radius 1 is 1.38 bits per heavy atom. The number of nitrogens with one attached hydrogen (secondary N) is 1. The highest BCUT2D eigenvalue weighted by Gasteiger charge is 2.11. The van der Waals surface area contributed by atoms with Gasteiger partial charge in [-0.3, -0.25) is 14.7 Å². The Labute approximate surface area is 151 Å². The smallest absolute Gasteiger partial charge is 0.276 e.